The topological polar surface area (TPSA) is 87.5 Å². The summed E-state index contributed by atoms with van der Waals surface area (Å²) in [6.07, 6.45) is 4.94. The number of carbonyl (C=O) groups excluding carboxylic acids is 2. The quantitative estimate of drug-likeness (QED) is 0.761. The molecular formula is C19H25N7O2. The highest BCUT2D eigenvalue weighted by atomic mass is 16.2. The van der Waals surface area contributed by atoms with Gasteiger partial charge in [-0.25, -0.2) is 4.68 Å². The number of carbonyl (C=O) groups is 2. The van der Waals surface area contributed by atoms with Crippen LogP contribution in [0.25, 0.3) is 5.69 Å². The van der Waals surface area contributed by atoms with Gasteiger partial charge in [-0.1, -0.05) is 6.07 Å². The number of piperidine rings is 1. The lowest BCUT2D eigenvalue weighted by Crippen LogP contribution is -2.52. The molecule has 28 heavy (non-hydrogen) atoms. The van der Waals surface area contributed by atoms with Gasteiger partial charge in [-0.05, 0) is 47.9 Å². The molecule has 0 spiro atoms. The Bertz CT molecular complexity index is 809. The van der Waals surface area contributed by atoms with Crippen molar-refractivity contribution < 1.29 is 9.59 Å². The van der Waals surface area contributed by atoms with E-state index in [4.69, 9.17) is 0 Å². The number of nitrogens with zero attached hydrogens (tertiary/aromatic N) is 7. The SMILES string of the molecule is O=C(CN1CCN(C(=O)c2cccc(-n3cnnn3)c2)CC1)N1CCCCC1. The van der Waals surface area contributed by atoms with Crippen molar-refractivity contribution in [2.45, 2.75) is 19.3 Å². The Hall–Kier alpha value is -2.81. The van der Waals surface area contributed by atoms with Crippen LogP contribution in [0.4, 0.5) is 0 Å². The first-order valence-electron chi connectivity index (χ1n) is 9.83. The molecule has 2 saturated heterocycles. The molecule has 9 heteroatoms. The zero-order chi connectivity index (χ0) is 19.3. The van der Waals surface area contributed by atoms with Crippen molar-refractivity contribution >= 4 is 11.8 Å². The zero-order valence-electron chi connectivity index (χ0n) is 15.9. The highest BCUT2D eigenvalue weighted by Gasteiger charge is 2.25. The number of hydrogen-bond donors (Lipinski definition) is 0. The second kappa shape index (κ2) is 8.47. The van der Waals surface area contributed by atoms with Gasteiger partial charge in [0.15, 0.2) is 0 Å². The average Bonchev–Trinajstić information content (AvgIpc) is 3.29. The first-order chi connectivity index (χ1) is 13.7. The highest BCUT2D eigenvalue weighted by Crippen LogP contribution is 2.14. The van der Waals surface area contributed by atoms with E-state index in [0.29, 0.717) is 25.2 Å². The van der Waals surface area contributed by atoms with Crippen LogP contribution in [0.3, 0.4) is 0 Å². The molecule has 2 aromatic rings. The van der Waals surface area contributed by atoms with E-state index < -0.39 is 0 Å². The van der Waals surface area contributed by atoms with E-state index in [9.17, 15) is 9.59 Å². The smallest absolute Gasteiger partial charge is 0.254 e. The third-order valence-electron chi connectivity index (χ3n) is 5.43. The molecule has 9 nitrogen and oxygen atoms in total. The fraction of sp³-hybridized carbons (Fsp3) is 0.526. The van der Waals surface area contributed by atoms with Crippen LogP contribution in [-0.4, -0.2) is 92.5 Å². The van der Waals surface area contributed by atoms with Gasteiger partial charge in [0.05, 0.1) is 12.2 Å². The van der Waals surface area contributed by atoms with Gasteiger partial charge >= 0.3 is 0 Å². The molecule has 0 radical (unpaired) electrons. The van der Waals surface area contributed by atoms with Gasteiger partial charge in [0, 0.05) is 44.8 Å². The highest BCUT2D eigenvalue weighted by molar-refractivity contribution is 5.94. The van der Waals surface area contributed by atoms with Crippen molar-refractivity contribution in [1.29, 1.82) is 0 Å². The van der Waals surface area contributed by atoms with Gasteiger partial charge in [0.25, 0.3) is 5.91 Å². The number of hydrogen-bond acceptors (Lipinski definition) is 6. The van der Waals surface area contributed by atoms with Crippen LogP contribution >= 0.6 is 0 Å². The van der Waals surface area contributed by atoms with E-state index in [1.54, 1.807) is 6.07 Å². The van der Waals surface area contributed by atoms with Gasteiger partial charge in [-0.15, -0.1) is 5.10 Å². The molecule has 0 saturated carbocycles. The Labute approximate surface area is 163 Å². The Morgan fingerprint density at radius 1 is 0.929 bits per heavy atom. The van der Waals surface area contributed by atoms with Crippen molar-refractivity contribution in [2.75, 3.05) is 45.8 Å². The van der Waals surface area contributed by atoms with Crippen LogP contribution in [0, 0.1) is 0 Å². The first kappa shape index (κ1) is 18.5. The Morgan fingerprint density at radius 3 is 2.43 bits per heavy atom. The number of rotatable bonds is 4. The first-order valence-corrected chi connectivity index (χ1v) is 9.83. The number of tetrazole rings is 1. The predicted molar refractivity (Wildman–Crippen MR) is 102 cm³/mol. The predicted octanol–water partition coefficient (Wildman–Crippen LogP) is 0.433. The standard InChI is InChI=1S/C19H25N7O2/c27-18(24-7-2-1-3-8-24)14-23-9-11-25(12-10-23)19(28)16-5-4-6-17(13-16)26-15-20-21-22-26/h4-6,13,15H,1-3,7-12,14H2. The van der Waals surface area contributed by atoms with Gasteiger partial charge in [-0.2, -0.15) is 0 Å². The summed E-state index contributed by atoms with van der Waals surface area (Å²) < 4.78 is 1.53. The Kier molecular flexibility index (Phi) is 5.61. The summed E-state index contributed by atoms with van der Waals surface area (Å²) in [6, 6.07) is 7.29. The molecule has 0 N–H and O–H groups in total. The van der Waals surface area contributed by atoms with E-state index in [-0.39, 0.29) is 11.8 Å². The fourth-order valence-electron chi connectivity index (χ4n) is 3.79. The maximum Gasteiger partial charge on any atom is 0.254 e. The van der Waals surface area contributed by atoms with Crippen LogP contribution in [0.1, 0.15) is 29.6 Å². The molecule has 4 rings (SSSR count). The van der Waals surface area contributed by atoms with Gasteiger partial charge in [0.2, 0.25) is 5.91 Å². The summed E-state index contributed by atoms with van der Waals surface area (Å²) in [6.45, 7) is 4.92. The zero-order valence-corrected chi connectivity index (χ0v) is 15.9. The number of amides is 2. The molecule has 0 atom stereocenters. The molecule has 2 fully saturated rings. The Balaban J connectivity index is 1.32. The van der Waals surface area contributed by atoms with Crippen molar-refractivity contribution in [3.63, 3.8) is 0 Å². The maximum atomic E-state index is 12.9. The van der Waals surface area contributed by atoms with E-state index in [0.717, 1.165) is 44.7 Å². The fourth-order valence-corrected chi connectivity index (χ4v) is 3.79. The lowest BCUT2D eigenvalue weighted by atomic mass is 10.1. The number of piperazine rings is 1. The van der Waals surface area contributed by atoms with Crippen LogP contribution < -0.4 is 0 Å². The van der Waals surface area contributed by atoms with Crippen LogP contribution in [0.2, 0.25) is 0 Å². The number of likely N-dealkylation sites (tertiary alicyclic amines) is 1. The lowest BCUT2D eigenvalue weighted by molar-refractivity contribution is -0.133. The molecule has 0 aliphatic carbocycles. The molecule has 1 aromatic heterocycles. The van der Waals surface area contributed by atoms with Gasteiger partial charge < -0.3 is 9.80 Å². The van der Waals surface area contributed by atoms with Crippen LogP contribution in [0.15, 0.2) is 30.6 Å². The third kappa shape index (κ3) is 4.19. The molecule has 2 aliphatic heterocycles. The molecule has 2 amide bonds. The number of aromatic nitrogens is 4. The van der Waals surface area contributed by atoms with Crippen molar-refractivity contribution in [3.8, 4) is 5.69 Å². The van der Waals surface area contributed by atoms with Crippen LogP contribution in [0.5, 0.6) is 0 Å². The minimum atomic E-state index is -0.00284. The van der Waals surface area contributed by atoms with Gasteiger partial charge in [-0.3, -0.25) is 14.5 Å². The van der Waals surface area contributed by atoms with E-state index in [2.05, 4.69) is 20.4 Å². The molecular weight excluding hydrogens is 358 g/mol. The molecule has 3 heterocycles. The van der Waals surface area contributed by atoms with E-state index >= 15 is 0 Å². The minimum Gasteiger partial charge on any atom is -0.342 e. The summed E-state index contributed by atoms with van der Waals surface area (Å²) >= 11 is 0. The summed E-state index contributed by atoms with van der Waals surface area (Å²) in [5.74, 6) is 0.213. The summed E-state index contributed by atoms with van der Waals surface area (Å²) in [7, 11) is 0. The van der Waals surface area contributed by atoms with Crippen molar-refractivity contribution in [2.24, 2.45) is 0 Å². The summed E-state index contributed by atoms with van der Waals surface area (Å²) in [5, 5.41) is 11.1. The van der Waals surface area contributed by atoms with Crippen molar-refractivity contribution in [1.82, 2.24) is 34.9 Å². The average molecular weight is 383 g/mol. The van der Waals surface area contributed by atoms with E-state index in [1.165, 1.54) is 17.4 Å². The minimum absolute atomic E-state index is 0.00284. The summed E-state index contributed by atoms with van der Waals surface area (Å²) in [5.41, 5.74) is 1.37. The van der Waals surface area contributed by atoms with Gasteiger partial charge in [0.1, 0.15) is 6.33 Å². The molecule has 1 aromatic carbocycles. The molecule has 148 valence electrons. The largest absolute Gasteiger partial charge is 0.342 e. The summed E-state index contributed by atoms with van der Waals surface area (Å²) in [4.78, 5) is 31.3. The third-order valence-corrected chi connectivity index (χ3v) is 5.43. The molecule has 0 bridgehead atoms. The van der Waals surface area contributed by atoms with Crippen molar-refractivity contribution in [3.05, 3.63) is 36.2 Å². The number of benzene rings is 1. The molecule has 2 aliphatic rings. The maximum absolute atomic E-state index is 12.9. The molecule has 0 unspecified atom stereocenters. The van der Waals surface area contributed by atoms with E-state index in [1.807, 2.05) is 28.0 Å². The second-order valence-electron chi connectivity index (χ2n) is 7.31. The lowest BCUT2D eigenvalue weighted by Gasteiger charge is -2.36. The van der Waals surface area contributed by atoms with Crippen LogP contribution in [-0.2, 0) is 4.79 Å². The normalized spacial score (nSPS) is 18.3. The second-order valence-corrected chi connectivity index (χ2v) is 7.31. The monoisotopic (exact) mass is 383 g/mol. The Morgan fingerprint density at radius 2 is 1.71 bits per heavy atom.